The van der Waals surface area contributed by atoms with Gasteiger partial charge in [0.25, 0.3) is 0 Å². The van der Waals surface area contributed by atoms with Crippen LogP contribution in [0.4, 0.5) is 4.39 Å². The molecule has 1 aromatic rings. The number of ether oxygens (including phenoxy) is 1. The normalized spacial score (nSPS) is 27.3. The Morgan fingerprint density at radius 1 is 1.38 bits per heavy atom. The van der Waals surface area contributed by atoms with Gasteiger partial charge in [0.2, 0.25) is 0 Å². The van der Waals surface area contributed by atoms with Crippen molar-refractivity contribution in [2.24, 2.45) is 11.3 Å². The van der Waals surface area contributed by atoms with E-state index in [0.717, 1.165) is 25.9 Å². The number of rotatable bonds is 3. The number of hydrogen-bond acceptors (Lipinski definition) is 3. The van der Waals surface area contributed by atoms with Crippen molar-refractivity contribution in [1.82, 2.24) is 4.90 Å². The Morgan fingerprint density at radius 2 is 2.00 bits per heavy atom. The molecule has 1 aromatic carbocycles. The maximum atomic E-state index is 14.7. The van der Waals surface area contributed by atoms with Crippen LogP contribution in [-0.4, -0.2) is 37.3 Å². The van der Waals surface area contributed by atoms with Gasteiger partial charge >= 0.3 is 0 Å². The zero-order valence-electron chi connectivity index (χ0n) is 15.0. The highest BCUT2D eigenvalue weighted by atomic mass is 35.5. The lowest BCUT2D eigenvalue weighted by Gasteiger charge is -2.46. The third kappa shape index (κ3) is 2.46. The zero-order valence-corrected chi connectivity index (χ0v) is 15.7. The van der Waals surface area contributed by atoms with Crippen LogP contribution in [0.15, 0.2) is 6.07 Å². The average molecular weight is 356 g/mol. The number of piperidine rings is 1. The van der Waals surface area contributed by atoms with Crippen LogP contribution in [0.1, 0.15) is 43.4 Å². The zero-order chi connectivity index (χ0) is 17.7. The van der Waals surface area contributed by atoms with E-state index in [2.05, 4.69) is 11.9 Å². The fraction of sp³-hybridized carbons (Fsp3) is 0.684. The highest BCUT2D eigenvalue weighted by Crippen LogP contribution is 2.59. The molecular weight excluding hydrogens is 329 g/mol. The lowest BCUT2D eigenvalue weighted by molar-refractivity contribution is -0.122. The molecule has 0 amide bonds. The molecule has 0 radical (unpaired) electrons. The van der Waals surface area contributed by atoms with E-state index in [1.54, 1.807) is 7.11 Å². The molecule has 1 N–H and O–H groups in total. The molecule has 1 fully saturated rings. The summed E-state index contributed by atoms with van der Waals surface area (Å²) in [6.45, 7) is 5.95. The van der Waals surface area contributed by atoms with Crippen molar-refractivity contribution < 1.29 is 14.2 Å². The van der Waals surface area contributed by atoms with Crippen LogP contribution < -0.4 is 4.74 Å². The van der Waals surface area contributed by atoms with Gasteiger partial charge in [-0.25, -0.2) is 4.39 Å². The summed E-state index contributed by atoms with van der Waals surface area (Å²) in [4.78, 5) is 2.27. The average Bonchev–Trinajstić information content (AvgIpc) is 2.76. The Bertz CT molecular complexity index is 641. The number of methoxy groups -OCH3 is 1. The molecule has 0 bridgehead atoms. The van der Waals surface area contributed by atoms with Crippen LogP contribution in [-0.2, 0) is 17.9 Å². The second-order valence-corrected chi connectivity index (χ2v) is 8.21. The number of alkyl halides is 1. The van der Waals surface area contributed by atoms with Crippen molar-refractivity contribution in [3.8, 4) is 5.75 Å². The fourth-order valence-electron chi connectivity index (χ4n) is 4.73. The van der Waals surface area contributed by atoms with Crippen LogP contribution in [0.3, 0.4) is 0 Å². The van der Waals surface area contributed by atoms with Crippen molar-refractivity contribution >= 4 is 11.6 Å². The molecule has 0 aromatic heterocycles. The molecule has 3 rings (SSSR count). The molecular formula is C19H27ClFNO2. The largest absolute Gasteiger partial charge is 0.496 e. The number of hydrogen-bond donors (Lipinski definition) is 1. The number of aliphatic hydroxyl groups is 1. The Kier molecular flexibility index (Phi) is 4.61. The molecule has 3 nitrogen and oxygen atoms in total. The van der Waals surface area contributed by atoms with Crippen molar-refractivity contribution in [3.63, 3.8) is 0 Å². The number of likely N-dealkylation sites (tertiary alicyclic amines) is 1. The summed E-state index contributed by atoms with van der Waals surface area (Å²) in [6, 6.07) is 1.46. The topological polar surface area (TPSA) is 32.7 Å². The first-order valence-electron chi connectivity index (χ1n) is 8.62. The molecule has 1 aliphatic carbocycles. The Hall–Kier alpha value is -0.840. The minimum Gasteiger partial charge on any atom is -0.496 e. The molecule has 0 spiro atoms. The molecule has 1 unspecified atom stereocenters. The summed E-state index contributed by atoms with van der Waals surface area (Å²) < 4.78 is 20.4. The minimum atomic E-state index is -1.10. The Balaban J connectivity index is 2.19. The Labute approximate surface area is 148 Å². The summed E-state index contributed by atoms with van der Waals surface area (Å²) >= 11 is 6.02. The van der Waals surface area contributed by atoms with Crippen molar-refractivity contribution in [2.75, 3.05) is 27.2 Å². The maximum absolute atomic E-state index is 14.7. The van der Waals surface area contributed by atoms with Crippen LogP contribution in [0.5, 0.6) is 5.75 Å². The van der Waals surface area contributed by atoms with Gasteiger partial charge in [0, 0.05) is 16.5 Å². The van der Waals surface area contributed by atoms with Crippen LogP contribution in [0.25, 0.3) is 0 Å². The summed E-state index contributed by atoms with van der Waals surface area (Å²) in [7, 11) is 3.67. The summed E-state index contributed by atoms with van der Waals surface area (Å²) in [5.41, 5.74) is 0.291. The lowest BCUT2D eigenvalue weighted by Crippen LogP contribution is -2.49. The van der Waals surface area contributed by atoms with E-state index in [9.17, 15) is 9.50 Å². The molecule has 1 saturated heterocycles. The standard InChI is InChI=1S/C19H27ClFNO2/c1-18(2)10-14-15(21)9-12(11-20)17(24-4)16(14)19(18,23)13-5-7-22(3)8-6-13/h9,13,23H,5-8,10-11H2,1-4H3. The molecule has 1 heterocycles. The van der Waals surface area contributed by atoms with E-state index in [4.69, 9.17) is 16.3 Å². The van der Waals surface area contributed by atoms with E-state index in [-0.39, 0.29) is 17.6 Å². The van der Waals surface area contributed by atoms with E-state index in [1.165, 1.54) is 6.07 Å². The monoisotopic (exact) mass is 355 g/mol. The number of benzene rings is 1. The van der Waals surface area contributed by atoms with Gasteiger partial charge in [-0.2, -0.15) is 0 Å². The van der Waals surface area contributed by atoms with Gasteiger partial charge in [-0.15, -0.1) is 11.6 Å². The molecule has 134 valence electrons. The first-order chi connectivity index (χ1) is 11.3. The molecule has 0 saturated carbocycles. The van der Waals surface area contributed by atoms with Crippen LogP contribution in [0, 0.1) is 17.2 Å². The quantitative estimate of drug-likeness (QED) is 0.839. The number of fused-ring (bicyclic) bond motifs is 1. The fourth-order valence-corrected chi connectivity index (χ4v) is 4.93. The van der Waals surface area contributed by atoms with Crippen LogP contribution >= 0.6 is 11.6 Å². The van der Waals surface area contributed by atoms with Crippen molar-refractivity contribution in [1.29, 1.82) is 0 Å². The Morgan fingerprint density at radius 3 is 2.54 bits per heavy atom. The smallest absolute Gasteiger partial charge is 0.129 e. The van der Waals surface area contributed by atoms with Crippen molar-refractivity contribution in [2.45, 2.75) is 44.6 Å². The van der Waals surface area contributed by atoms with Gasteiger partial charge in [-0.05, 0) is 56.9 Å². The molecule has 24 heavy (non-hydrogen) atoms. The third-order valence-electron chi connectivity index (χ3n) is 6.10. The van der Waals surface area contributed by atoms with Gasteiger partial charge in [0.05, 0.1) is 13.0 Å². The van der Waals surface area contributed by atoms with Gasteiger partial charge < -0.3 is 14.7 Å². The molecule has 1 aliphatic heterocycles. The highest BCUT2D eigenvalue weighted by Gasteiger charge is 2.58. The van der Waals surface area contributed by atoms with E-state index >= 15 is 0 Å². The van der Waals surface area contributed by atoms with Gasteiger partial charge in [0.15, 0.2) is 0 Å². The minimum absolute atomic E-state index is 0.0869. The predicted molar refractivity (Wildman–Crippen MR) is 94.1 cm³/mol. The SMILES string of the molecule is COc1c(CCl)cc(F)c2c1C(O)(C1CCN(C)CC1)C(C)(C)C2. The second kappa shape index (κ2) is 6.15. The maximum Gasteiger partial charge on any atom is 0.129 e. The van der Waals surface area contributed by atoms with Gasteiger partial charge in [-0.1, -0.05) is 13.8 Å². The molecule has 1 atom stereocenters. The first-order valence-corrected chi connectivity index (χ1v) is 9.15. The molecule has 2 aliphatic rings. The summed E-state index contributed by atoms with van der Waals surface area (Å²) in [6.07, 6.45) is 2.30. The van der Waals surface area contributed by atoms with E-state index in [1.807, 2.05) is 13.8 Å². The van der Waals surface area contributed by atoms with Gasteiger partial charge in [0.1, 0.15) is 17.2 Å². The summed E-state index contributed by atoms with van der Waals surface area (Å²) in [5.74, 6) is 0.535. The second-order valence-electron chi connectivity index (χ2n) is 7.94. The third-order valence-corrected chi connectivity index (χ3v) is 6.39. The van der Waals surface area contributed by atoms with Crippen LogP contribution in [0.2, 0.25) is 0 Å². The predicted octanol–water partition coefficient (Wildman–Crippen LogP) is 3.68. The molecule has 5 heteroatoms. The summed E-state index contributed by atoms with van der Waals surface area (Å²) in [5, 5.41) is 11.9. The van der Waals surface area contributed by atoms with Gasteiger partial charge in [-0.3, -0.25) is 0 Å². The van der Waals surface area contributed by atoms with E-state index in [0.29, 0.717) is 28.9 Å². The van der Waals surface area contributed by atoms with Crippen molar-refractivity contribution in [3.05, 3.63) is 28.6 Å². The number of nitrogens with zero attached hydrogens (tertiary/aromatic N) is 1. The lowest BCUT2D eigenvalue weighted by atomic mass is 9.65. The van der Waals surface area contributed by atoms with E-state index < -0.39 is 11.0 Å². The highest BCUT2D eigenvalue weighted by molar-refractivity contribution is 6.17. The first kappa shape index (κ1) is 18.0. The number of halogens is 2.